The lowest BCUT2D eigenvalue weighted by molar-refractivity contribution is -0.147. The molecule has 0 amide bonds. The van der Waals surface area contributed by atoms with E-state index in [4.69, 9.17) is 14.2 Å². The summed E-state index contributed by atoms with van der Waals surface area (Å²) in [4.78, 5) is 17.6. The summed E-state index contributed by atoms with van der Waals surface area (Å²) in [5, 5.41) is 17.4. The van der Waals surface area contributed by atoms with E-state index in [-0.39, 0.29) is 5.92 Å². The first-order chi connectivity index (χ1) is 16.1. The first kappa shape index (κ1) is 21.1. The van der Waals surface area contributed by atoms with Gasteiger partial charge in [0.05, 0.1) is 5.92 Å². The average Bonchev–Trinajstić information content (AvgIpc) is 3.44. The van der Waals surface area contributed by atoms with Gasteiger partial charge in [-0.05, 0) is 12.0 Å². The first-order valence-corrected chi connectivity index (χ1v) is 11.0. The van der Waals surface area contributed by atoms with Crippen molar-refractivity contribution < 1.29 is 18.9 Å². The standard InChI is InChI=1S/C25H24N4O4/c1-2-6-20-21(27-32-22(20)17-7-4-3-5-8-17)24-26-23(28-33-24)18-11-9-16(10-12-18)13-29-14-19(15-29)25(30)31/h3-5,7-12,19H,2,6,13-15H2,1H3,(H,30,31). The van der Waals surface area contributed by atoms with Gasteiger partial charge in [-0.25, -0.2) is 0 Å². The summed E-state index contributed by atoms with van der Waals surface area (Å²) in [6, 6.07) is 17.8. The Balaban J connectivity index is 1.33. The smallest absolute Gasteiger partial charge is 0.309 e. The molecule has 3 heterocycles. The zero-order valence-corrected chi connectivity index (χ0v) is 18.3. The van der Waals surface area contributed by atoms with E-state index >= 15 is 0 Å². The van der Waals surface area contributed by atoms with E-state index in [1.54, 1.807) is 0 Å². The van der Waals surface area contributed by atoms with Crippen LogP contribution in [0.4, 0.5) is 0 Å². The molecule has 2 aromatic heterocycles. The van der Waals surface area contributed by atoms with Gasteiger partial charge in [-0.1, -0.05) is 78.3 Å². The third-order valence-corrected chi connectivity index (χ3v) is 5.88. The summed E-state index contributed by atoms with van der Waals surface area (Å²) in [5.74, 6) is 0.577. The predicted octanol–water partition coefficient (Wildman–Crippen LogP) is 4.53. The van der Waals surface area contributed by atoms with E-state index in [9.17, 15) is 4.79 Å². The van der Waals surface area contributed by atoms with Crippen molar-refractivity contribution in [2.45, 2.75) is 26.3 Å². The Morgan fingerprint density at radius 1 is 1.03 bits per heavy atom. The Morgan fingerprint density at radius 3 is 2.48 bits per heavy atom. The minimum absolute atomic E-state index is 0.251. The predicted molar refractivity (Wildman–Crippen MR) is 121 cm³/mol. The summed E-state index contributed by atoms with van der Waals surface area (Å²) in [6.07, 6.45) is 1.72. The summed E-state index contributed by atoms with van der Waals surface area (Å²) in [7, 11) is 0. The fourth-order valence-electron chi connectivity index (χ4n) is 4.09. The van der Waals surface area contributed by atoms with Crippen molar-refractivity contribution in [3.8, 4) is 34.3 Å². The van der Waals surface area contributed by atoms with Crippen LogP contribution in [0.15, 0.2) is 63.6 Å². The monoisotopic (exact) mass is 444 g/mol. The van der Waals surface area contributed by atoms with Gasteiger partial charge in [-0.2, -0.15) is 4.98 Å². The number of carboxylic acids is 1. The van der Waals surface area contributed by atoms with Crippen LogP contribution in [0.5, 0.6) is 0 Å². The molecule has 0 atom stereocenters. The highest BCUT2D eigenvalue weighted by atomic mass is 16.5. The number of nitrogens with zero attached hydrogens (tertiary/aromatic N) is 4. The van der Waals surface area contributed by atoms with Crippen molar-refractivity contribution in [1.29, 1.82) is 0 Å². The number of aliphatic carboxylic acids is 1. The molecule has 1 aliphatic rings. The van der Waals surface area contributed by atoms with Gasteiger partial charge in [0.15, 0.2) is 11.5 Å². The molecule has 5 rings (SSSR count). The van der Waals surface area contributed by atoms with E-state index in [1.165, 1.54) is 0 Å². The van der Waals surface area contributed by atoms with Crippen molar-refractivity contribution >= 4 is 5.97 Å². The van der Waals surface area contributed by atoms with Crippen LogP contribution in [0, 0.1) is 5.92 Å². The van der Waals surface area contributed by atoms with Gasteiger partial charge in [0.25, 0.3) is 5.89 Å². The summed E-state index contributed by atoms with van der Waals surface area (Å²) >= 11 is 0. The van der Waals surface area contributed by atoms with Crippen LogP contribution in [0.1, 0.15) is 24.5 Å². The summed E-state index contributed by atoms with van der Waals surface area (Å²) in [5.41, 5.74) is 4.46. The van der Waals surface area contributed by atoms with Crippen molar-refractivity contribution in [3.05, 3.63) is 65.7 Å². The maximum Gasteiger partial charge on any atom is 0.309 e. The quantitative estimate of drug-likeness (QED) is 0.423. The van der Waals surface area contributed by atoms with Gasteiger partial charge >= 0.3 is 5.97 Å². The first-order valence-electron chi connectivity index (χ1n) is 11.0. The van der Waals surface area contributed by atoms with E-state index < -0.39 is 5.97 Å². The molecule has 0 radical (unpaired) electrons. The molecule has 4 aromatic rings. The number of carbonyl (C=O) groups is 1. The maximum absolute atomic E-state index is 11.0. The molecule has 8 nitrogen and oxygen atoms in total. The zero-order valence-electron chi connectivity index (χ0n) is 18.3. The SMILES string of the molecule is CCCc1c(-c2nc(-c3ccc(CN4CC(C(=O)O)C4)cc3)no2)noc1-c1ccccc1. The second-order valence-electron chi connectivity index (χ2n) is 8.30. The number of benzene rings is 2. The number of hydrogen-bond donors (Lipinski definition) is 1. The van der Waals surface area contributed by atoms with Crippen molar-refractivity contribution in [3.63, 3.8) is 0 Å². The molecule has 0 saturated carbocycles. The van der Waals surface area contributed by atoms with E-state index in [0.717, 1.165) is 47.4 Å². The number of rotatable bonds is 8. The fourth-order valence-corrected chi connectivity index (χ4v) is 4.09. The second kappa shape index (κ2) is 8.99. The van der Waals surface area contributed by atoms with Gasteiger partial charge in [-0.15, -0.1) is 0 Å². The molecule has 0 unspecified atom stereocenters. The van der Waals surface area contributed by atoms with E-state index in [0.29, 0.717) is 30.5 Å². The molecule has 0 bridgehead atoms. The van der Waals surface area contributed by atoms with Crippen LogP contribution in [-0.4, -0.2) is 44.4 Å². The number of hydrogen-bond acceptors (Lipinski definition) is 7. The second-order valence-corrected chi connectivity index (χ2v) is 8.30. The lowest BCUT2D eigenvalue weighted by Crippen LogP contribution is -2.49. The van der Waals surface area contributed by atoms with Gasteiger partial charge in [-0.3, -0.25) is 9.69 Å². The van der Waals surface area contributed by atoms with Gasteiger partial charge in [0, 0.05) is 36.3 Å². The lowest BCUT2D eigenvalue weighted by atomic mass is 9.99. The highest BCUT2D eigenvalue weighted by Gasteiger charge is 2.32. The molecule has 1 N–H and O–H groups in total. The van der Waals surface area contributed by atoms with E-state index in [2.05, 4.69) is 27.1 Å². The molecule has 1 fully saturated rings. The van der Waals surface area contributed by atoms with Crippen LogP contribution in [0.25, 0.3) is 34.3 Å². The molecule has 33 heavy (non-hydrogen) atoms. The number of carboxylic acid groups (broad SMARTS) is 1. The van der Waals surface area contributed by atoms with E-state index in [1.807, 2.05) is 54.6 Å². The summed E-state index contributed by atoms with van der Waals surface area (Å²) < 4.78 is 11.2. The third-order valence-electron chi connectivity index (χ3n) is 5.88. The van der Waals surface area contributed by atoms with Crippen molar-refractivity contribution in [1.82, 2.24) is 20.2 Å². The fraction of sp³-hybridized carbons (Fsp3) is 0.280. The molecule has 168 valence electrons. The van der Waals surface area contributed by atoms with Gasteiger partial charge in [0.1, 0.15) is 0 Å². The topological polar surface area (TPSA) is 105 Å². The Labute approximate surface area is 190 Å². The normalized spacial score (nSPS) is 14.3. The molecule has 2 aromatic carbocycles. The molecule has 0 aliphatic carbocycles. The summed E-state index contributed by atoms with van der Waals surface area (Å²) in [6.45, 7) is 4.01. The Bertz CT molecular complexity index is 1240. The van der Waals surface area contributed by atoms with Crippen LogP contribution >= 0.6 is 0 Å². The Kier molecular flexibility index (Phi) is 5.75. The highest BCUT2D eigenvalue weighted by Crippen LogP contribution is 2.33. The molecule has 8 heteroatoms. The molecular weight excluding hydrogens is 420 g/mol. The number of likely N-dealkylation sites (tertiary alicyclic amines) is 1. The van der Waals surface area contributed by atoms with Crippen LogP contribution in [0.2, 0.25) is 0 Å². The van der Waals surface area contributed by atoms with Crippen LogP contribution in [-0.2, 0) is 17.8 Å². The molecular formula is C25H24N4O4. The van der Waals surface area contributed by atoms with Gasteiger partial charge in [0.2, 0.25) is 5.82 Å². The largest absolute Gasteiger partial charge is 0.481 e. The minimum Gasteiger partial charge on any atom is -0.481 e. The van der Waals surface area contributed by atoms with Crippen molar-refractivity contribution in [2.75, 3.05) is 13.1 Å². The molecule has 0 spiro atoms. The zero-order chi connectivity index (χ0) is 22.8. The number of aromatic nitrogens is 3. The maximum atomic E-state index is 11.0. The molecule has 1 saturated heterocycles. The van der Waals surface area contributed by atoms with Crippen LogP contribution in [0.3, 0.4) is 0 Å². The minimum atomic E-state index is -0.723. The average molecular weight is 444 g/mol. The van der Waals surface area contributed by atoms with Crippen LogP contribution < -0.4 is 0 Å². The third kappa shape index (κ3) is 4.29. The lowest BCUT2D eigenvalue weighted by Gasteiger charge is -2.36. The molecule has 1 aliphatic heterocycles. The van der Waals surface area contributed by atoms with Gasteiger partial charge < -0.3 is 14.2 Å². The Morgan fingerprint density at radius 2 is 1.79 bits per heavy atom. The van der Waals surface area contributed by atoms with Crippen molar-refractivity contribution in [2.24, 2.45) is 5.92 Å². The Hall–Kier alpha value is -3.78. The highest BCUT2D eigenvalue weighted by molar-refractivity contribution is 5.71.